The number of hydrogen-bond donors (Lipinski definition) is 1. The first-order chi connectivity index (χ1) is 8.97. The van der Waals surface area contributed by atoms with Gasteiger partial charge in [0.15, 0.2) is 5.58 Å². The average Bonchev–Trinajstić information content (AvgIpc) is 2.72. The van der Waals surface area contributed by atoms with Crippen molar-refractivity contribution in [2.24, 2.45) is 0 Å². The highest BCUT2D eigenvalue weighted by Gasteiger charge is 2.13. The molecule has 6 heteroatoms. The second-order valence-corrected chi connectivity index (χ2v) is 4.76. The van der Waals surface area contributed by atoms with Gasteiger partial charge in [-0.2, -0.15) is 0 Å². The standard InChI is InChI=1S/C13H18N4O2/c1-16(2)12(18)8-17(3)7-11-15-13-9(14)5-4-6-10(13)19-11/h4-6H,7-8,14H2,1-3H3. The third-order valence-corrected chi connectivity index (χ3v) is 2.80. The van der Waals surface area contributed by atoms with E-state index in [1.807, 2.05) is 24.1 Å². The highest BCUT2D eigenvalue weighted by Crippen LogP contribution is 2.21. The molecule has 0 aliphatic carbocycles. The van der Waals surface area contributed by atoms with Crippen LogP contribution in [-0.4, -0.2) is 48.4 Å². The molecule has 19 heavy (non-hydrogen) atoms. The maximum atomic E-state index is 11.6. The molecule has 0 saturated heterocycles. The molecular formula is C13H18N4O2. The Hall–Kier alpha value is -2.08. The van der Waals surface area contributed by atoms with Gasteiger partial charge in [0.2, 0.25) is 11.8 Å². The van der Waals surface area contributed by atoms with Gasteiger partial charge >= 0.3 is 0 Å². The Bertz CT molecular complexity index is 591. The van der Waals surface area contributed by atoms with E-state index in [1.165, 1.54) is 0 Å². The van der Waals surface area contributed by atoms with E-state index in [4.69, 9.17) is 10.2 Å². The normalized spacial score (nSPS) is 11.2. The van der Waals surface area contributed by atoms with E-state index in [9.17, 15) is 4.79 Å². The van der Waals surface area contributed by atoms with Crippen LogP contribution in [0.15, 0.2) is 22.6 Å². The Morgan fingerprint density at radius 2 is 2.11 bits per heavy atom. The third-order valence-electron chi connectivity index (χ3n) is 2.80. The summed E-state index contributed by atoms with van der Waals surface area (Å²) in [5.74, 6) is 0.597. The van der Waals surface area contributed by atoms with Crippen molar-refractivity contribution >= 4 is 22.7 Å². The lowest BCUT2D eigenvalue weighted by Crippen LogP contribution is -2.34. The average molecular weight is 262 g/mol. The molecule has 1 aromatic carbocycles. The van der Waals surface area contributed by atoms with Crippen molar-refractivity contribution in [3.63, 3.8) is 0 Å². The maximum Gasteiger partial charge on any atom is 0.236 e. The number of aromatic nitrogens is 1. The van der Waals surface area contributed by atoms with Crippen molar-refractivity contribution in [1.82, 2.24) is 14.8 Å². The SMILES string of the molecule is CN(CC(=O)N(C)C)Cc1nc2c(N)cccc2o1. The zero-order valence-corrected chi connectivity index (χ0v) is 11.4. The number of likely N-dealkylation sites (N-methyl/N-ethyl adjacent to an activating group) is 2. The number of oxazole rings is 1. The quantitative estimate of drug-likeness (QED) is 0.830. The van der Waals surface area contributed by atoms with E-state index in [0.717, 1.165) is 0 Å². The number of nitrogens with two attached hydrogens (primary N) is 1. The van der Waals surface area contributed by atoms with Crippen LogP contribution in [0.3, 0.4) is 0 Å². The topological polar surface area (TPSA) is 75.6 Å². The van der Waals surface area contributed by atoms with Crippen molar-refractivity contribution < 1.29 is 9.21 Å². The summed E-state index contributed by atoms with van der Waals surface area (Å²) in [5.41, 5.74) is 7.76. The monoisotopic (exact) mass is 262 g/mol. The van der Waals surface area contributed by atoms with Crippen LogP contribution in [-0.2, 0) is 11.3 Å². The molecular weight excluding hydrogens is 244 g/mol. The van der Waals surface area contributed by atoms with Crippen molar-refractivity contribution in [1.29, 1.82) is 0 Å². The highest BCUT2D eigenvalue weighted by molar-refractivity contribution is 5.85. The molecule has 102 valence electrons. The molecule has 1 aromatic heterocycles. The predicted octanol–water partition coefficient (Wildman–Crippen LogP) is 0.930. The number of carbonyl (C=O) groups excluding carboxylic acids is 1. The van der Waals surface area contributed by atoms with E-state index in [-0.39, 0.29) is 5.91 Å². The number of benzene rings is 1. The summed E-state index contributed by atoms with van der Waals surface area (Å²) in [4.78, 5) is 19.3. The predicted molar refractivity (Wildman–Crippen MR) is 73.4 cm³/mol. The van der Waals surface area contributed by atoms with Crippen LogP contribution < -0.4 is 5.73 Å². The number of hydrogen-bond acceptors (Lipinski definition) is 5. The van der Waals surface area contributed by atoms with E-state index in [1.54, 1.807) is 25.1 Å². The Kier molecular flexibility index (Phi) is 3.71. The van der Waals surface area contributed by atoms with Gasteiger partial charge in [-0.25, -0.2) is 4.98 Å². The summed E-state index contributed by atoms with van der Waals surface area (Å²) in [6, 6.07) is 5.44. The molecule has 0 aliphatic rings. The molecule has 0 radical (unpaired) electrons. The minimum atomic E-state index is 0.0399. The first kappa shape index (κ1) is 13.4. The lowest BCUT2D eigenvalue weighted by atomic mass is 10.3. The number of rotatable bonds is 4. The molecule has 0 aliphatic heterocycles. The van der Waals surface area contributed by atoms with Gasteiger partial charge in [0.25, 0.3) is 0 Å². The number of amides is 1. The molecule has 0 atom stereocenters. The van der Waals surface area contributed by atoms with Crippen LogP contribution in [0, 0.1) is 0 Å². The van der Waals surface area contributed by atoms with E-state index >= 15 is 0 Å². The first-order valence-corrected chi connectivity index (χ1v) is 6.00. The number of para-hydroxylation sites is 1. The van der Waals surface area contributed by atoms with E-state index < -0.39 is 0 Å². The summed E-state index contributed by atoms with van der Waals surface area (Å²) in [5, 5.41) is 0. The Labute approximate surface area is 111 Å². The molecule has 0 spiro atoms. The van der Waals surface area contributed by atoms with Crippen LogP contribution in [0.1, 0.15) is 5.89 Å². The molecule has 2 aromatic rings. The molecule has 1 amide bonds. The second-order valence-electron chi connectivity index (χ2n) is 4.76. The fourth-order valence-corrected chi connectivity index (χ4v) is 1.74. The smallest absolute Gasteiger partial charge is 0.236 e. The number of nitrogen functional groups attached to an aromatic ring is 1. The van der Waals surface area contributed by atoms with Crippen LogP contribution in [0.2, 0.25) is 0 Å². The van der Waals surface area contributed by atoms with E-state index in [0.29, 0.717) is 35.8 Å². The van der Waals surface area contributed by atoms with Gasteiger partial charge in [0, 0.05) is 14.1 Å². The Morgan fingerprint density at radius 3 is 2.74 bits per heavy atom. The molecule has 0 bridgehead atoms. The fourth-order valence-electron chi connectivity index (χ4n) is 1.74. The fraction of sp³-hybridized carbons (Fsp3) is 0.385. The van der Waals surface area contributed by atoms with Gasteiger partial charge in [0.05, 0.1) is 18.8 Å². The van der Waals surface area contributed by atoms with Crippen molar-refractivity contribution in [3.05, 3.63) is 24.1 Å². The van der Waals surface area contributed by atoms with Crippen molar-refractivity contribution in [2.75, 3.05) is 33.4 Å². The number of nitrogens with zero attached hydrogens (tertiary/aromatic N) is 3. The minimum absolute atomic E-state index is 0.0399. The molecule has 0 unspecified atom stereocenters. The number of carbonyl (C=O) groups is 1. The Balaban J connectivity index is 2.09. The molecule has 1 heterocycles. The number of anilines is 1. The van der Waals surface area contributed by atoms with Crippen LogP contribution in [0.5, 0.6) is 0 Å². The summed E-state index contributed by atoms with van der Waals surface area (Å²) < 4.78 is 5.60. The Morgan fingerprint density at radius 1 is 1.37 bits per heavy atom. The van der Waals surface area contributed by atoms with Gasteiger partial charge in [-0.1, -0.05) is 6.07 Å². The molecule has 6 nitrogen and oxygen atoms in total. The molecule has 2 rings (SSSR count). The van der Waals surface area contributed by atoms with Crippen LogP contribution in [0.4, 0.5) is 5.69 Å². The van der Waals surface area contributed by atoms with Crippen molar-refractivity contribution in [3.8, 4) is 0 Å². The largest absolute Gasteiger partial charge is 0.439 e. The molecule has 2 N–H and O–H groups in total. The highest BCUT2D eigenvalue weighted by atomic mass is 16.3. The summed E-state index contributed by atoms with van der Waals surface area (Å²) in [6.07, 6.45) is 0. The van der Waals surface area contributed by atoms with Gasteiger partial charge < -0.3 is 15.1 Å². The molecule has 0 fully saturated rings. The minimum Gasteiger partial charge on any atom is -0.439 e. The van der Waals surface area contributed by atoms with Gasteiger partial charge in [-0.05, 0) is 19.2 Å². The summed E-state index contributed by atoms with van der Waals surface area (Å²) >= 11 is 0. The lowest BCUT2D eigenvalue weighted by molar-refractivity contribution is -0.129. The van der Waals surface area contributed by atoms with Crippen molar-refractivity contribution in [2.45, 2.75) is 6.54 Å². The second kappa shape index (κ2) is 5.27. The van der Waals surface area contributed by atoms with E-state index in [2.05, 4.69) is 4.98 Å². The number of fused-ring (bicyclic) bond motifs is 1. The third kappa shape index (κ3) is 3.03. The zero-order chi connectivity index (χ0) is 14.0. The van der Waals surface area contributed by atoms with Gasteiger partial charge in [-0.15, -0.1) is 0 Å². The summed E-state index contributed by atoms with van der Waals surface area (Å²) in [6.45, 7) is 0.787. The summed E-state index contributed by atoms with van der Waals surface area (Å²) in [7, 11) is 5.31. The first-order valence-electron chi connectivity index (χ1n) is 6.00. The maximum absolute atomic E-state index is 11.6. The lowest BCUT2D eigenvalue weighted by Gasteiger charge is -2.17. The zero-order valence-electron chi connectivity index (χ0n) is 11.4. The van der Waals surface area contributed by atoms with Crippen LogP contribution in [0.25, 0.3) is 11.1 Å². The van der Waals surface area contributed by atoms with Gasteiger partial charge in [-0.3, -0.25) is 9.69 Å². The van der Waals surface area contributed by atoms with Crippen LogP contribution >= 0.6 is 0 Å². The van der Waals surface area contributed by atoms with Gasteiger partial charge in [0.1, 0.15) is 5.52 Å². The molecule has 0 saturated carbocycles.